The molecule has 1 atom stereocenters. The van der Waals surface area contributed by atoms with E-state index in [-0.39, 0.29) is 0 Å². The summed E-state index contributed by atoms with van der Waals surface area (Å²) >= 11 is 0. The third kappa shape index (κ3) is 3.36. The summed E-state index contributed by atoms with van der Waals surface area (Å²) in [7, 11) is 0. The molecule has 5 nitrogen and oxygen atoms in total. The second kappa shape index (κ2) is 6.58. The van der Waals surface area contributed by atoms with Crippen molar-refractivity contribution < 1.29 is 4.74 Å². The zero-order valence-electron chi connectivity index (χ0n) is 13.6. The fourth-order valence-electron chi connectivity index (χ4n) is 2.82. The Hall–Kier alpha value is -1.72. The average molecular weight is 300 g/mol. The summed E-state index contributed by atoms with van der Waals surface area (Å²) in [5.41, 5.74) is 6.10. The minimum absolute atomic E-state index is 0.425. The Labute approximate surface area is 131 Å². The summed E-state index contributed by atoms with van der Waals surface area (Å²) in [5.74, 6) is 0.425. The van der Waals surface area contributed by atoms with Crippen LogP contribution in [0.1, 0.15) is 28.1 Å². The number of rotatable bonds is 4. The summed E-state index contributed by atoms with van der Waals surface area (Å²) < 4.78 is 7.76. The third-order valence-corrected chi connectivity index (χ3v) is 4.39. The first kappa shape index (κ1) is 15.2. The lowest BCUT2D eigenvalue weighted by molar-refractivity contribution is 0.0936. The SMILES string of the molecule is Cc1ccc(CNCC2COCc3c(C)nnn3C2)cc1C. The van der Waals surface area contributed by atoms with Gasteiger partial charge in [0.25, 0.3) is 0 Å². The second-order valence-electron chi connectivity index (χ2n) is 6.23. The fourth-order valence-corrected chi connectivity index (χ4v) is 2.82. The molecule has 0 bridgehead atoms. The highest BCUT2D eigenvalue weighted by molar-refractivity contribution is 5.29. The molecule has 118 valence electrons. The van der Waals surface area contributed by atoms with Gasteiger partial charge in [0.05, 0.1) is 24.6 Å². The zero-order valence-corrected chi connectivity index (χ0v) is 13.6. The molecule has 2 heterocycles. The molecule has 0 saturated carbocycles. The van der Waals surface area contributed by atoms with E-state index in [1.807, 2.05) is 11.6 Å². The van der Waals surface area contributed by atoms with Crippen LogP contribution in [0.2, 0.25) is 0 Å². The van der Waals surface area contributed by atoms with E-state index in [4.69, 9.17) is 4.74 Å². The molecule has 0 saturated heterocycles. The van der Waals surface area contributed by atoms with Crippen LogP contribution in [-0.2, 0) is 24.4 Å². The average Bonchev–Trinajstić information content (AvgIpc) is 2.72. The van der Waals surface area contributed by atoms with E-state index in [1.54, 1.807) is 0 Å². The van der Waals surface area contributed by atoms with E-state index in [0.717, 1.165) is 37.6 Å². The minimum atomic E-state index is 0.425. The van der Waals surface area contributed by atoms with Gasteiger partial charge in [0.2, 0.25) is 0 Å². The largest absolute Gasteiger partial charge is 0.375 e. The molecule has 1 aromatic carbocycles. The van der Waals surface area contributed by atoms with Gasteiger partial charge in [0.1, 0.15) is 0 Å². The van der Waals surface area contributed by atoms with Crippen LogP contribution in [0.3, 0.4) is 0 Å². The molecule has 0 aliphatic carbocycles. The lowest BCUT2D eigenvalue weighted by Crippen LogP contribution is -2.28. The minimum Gasteiger partial charge on any atom is -0.375 e. The molecule has 0 fully saturated rings. The number of hydrogen-bond donors (Lipinski definition) is 1. The predicted octanol–water partition coefficient (Wildman–Crippen LogP) is 2.14. The first-order chi connectivity index (χ1) is 10.6. The third-order valence-electron chi connectivity index (χ3n) is 4.39. The van der Waals surface area contributed by atoms with Gasteiger partial charge in [0.15, 0.2) is 0 Å². The Morgan fingerprint density at radius 2 is 2.14 bits per heavy atom. The van der Waals surface area contributed by atoms with Gasteiger partial charge in [-0.2, -0.15) is 0 Å². The first-order valence-corrected chi connectivity index (χ1v) is 7.87. The van der Waals surface area contributed by atoms with Gasteiger partial charge in [-0.3, -0.25) is 0 Å². The Kier molecular flexibility index (Phi) is 4.55. The van der Waals surface area contributed by atoms with E-state index in [0.29, 0.717) is 12.5 Å². The van der Waals surface area contributed by atoms with E-state index < -0.39 is 0 Å². The van der Waals surface area contributed by atoms with E-state index in [2.05, 4.69) is 47.7 Å². The molecule has 5 heteroatoms. The maximum atomic E-state index is 5.77. The van der Waals surface area contributed by atoms with Crippen molar-refractivity contribution in [3.63, 3.8) is 0 Å². The number of ether oxygens (including phenoxy) is 1. The van der Waals surface area contributed by atoms with Crippen LogP contribution in [0.4, 0.5) is 0 Å². The Morgan fingerprint density at radius 3 is 2.95 bits per heavy atom. The van der Waals surface area contributed by atoms with Crippen LogP contribution in [-0.4, -0.2) is 28.1 Å². The quantitative estimate of drug-likeness (QED) is 0.940. The van der Waals surface area contributed by atoms with Gasteiger partial charge in [0, 0.05) is 25.6 Å². The summed E-state index contributed by atoms with van der Waals surface area (Å²) in [4.78, 5) is 0. The number of aromatic nitrogens is 3. The molecule has 1 N–H and O–H groups in total. The van der Waals surface area contributed by atoms with Crippen molar-refractivity contribution in [3.8, 4) is 0 Å². The first-order valence-electron chi connectivity index (χ1n) is 7.87. The summed E-state index contributed by atoms with van der Waals surface area (Å²) in [6.45, 7) is 10.4. The number of hydrogen-bond acceptors (Lipinski definition) is 4. The van der Waals surface area contributed by atoms with Crippen molar-refractivity contribution in [1.82, 2.24) is 20.3 Å². The molecule has 1 unspecified atom stereocenters. The van der Waals surface area contributed by atoms with Crippen LogP contribution >= 0.6 is 0 Å². The molecule has 22 heavy (non-hydrogen) atoms. The fraction of sp³-hybridized carbons (Fsp3) is 0.529. The predicted molar refractivity (Wildman–Crippen MR) is 85.5 cm³/mol. The van der Waals surface area contributed by atoms with Gasteiger partial charge in [-0.15, -0.1) is 5.10 Å². The maximum absolute atomic E-state index is 5.77. The number of aryl methyl sites for hydroxylation is 3. The molecule has 1 aliphatic heterocycles. The molecule has 0 amide bonds. The van der Waals surface area contributed by atoms with Crippen LogP contribution in [0.25, 0.3) is 0 Å². The van der Waals surface area contributed by atoms with Gasteiger partial charge in [-0.05, 0) is 37.5 Å². The molecule has 1 aromatic heterocycles. The highest BCUT2D eigenvalue weighted by Crippen LogP contribution is 2.15. The van der Waals surface area contributed by atoms with E-state index in [1.165, 1.54) is 16.7 Å². The van der Waals surface area contributed by atoms with Crippen LogP contribution in [0.5, 0.6) is 0 Å². The van der Waals surface area contributed by atoms with Crippen molar-refractivity contribution in [3.05, 3.63) is 46.3 Å². The van der Waals surface area contributed by atoms with Gasteiger partial charge < -0.3 is 10.1 Å². The van der Waals surface area contributed by atoms with Crippen molar-refractivity contribution in [1.29, 1.82) is 0 Å². The van der Waals surface area contributed by atoms with Crippen LogP contribution < -0.4 is 5.32 Å². The molecule has 2 aromatic rings. The van der Waals surface area contributed by atoms with E-state index >= 15 is 0 Å². The van der Waals surface area contributed by atoms with Crippen LogP contribution in [0.15, 0.2) is 18.2 Å². The lowest BCUT2D eigenvalue weighted by Gasteiger charge is -2.15. The highest BCUT2D eigenvalue weighted by atomic mass is 16.5. The van der Waals surface area contributed by atoms with Crippen molar-refractivity contribution in [2.24, 2.45) is 5.92 Å². The Morgan fingerprint density at radius 1 is 1.27 bits per heavy atom. The summed E-state index contributed by atoms with van der Waals surface area (Å²) in [5, 5.41) is 11.9. The molecule has 3 rings (SSSR count). The number of fused-ring (bicyclic) bond motifs is 1. The molecule has 1 aliphatic rings. The van der Waals surface area contributed by atoms with Gasteiger partial charge >= 0.3 is 0 Å². The lowest BCUT2D eigenvalue weighted by atomic mass is 10.1. The summed E-state index contributed by atoms with van der Waals surface area (Å²) in [6, 6.07) is 6.63. The smallest absolute Gasteiger partial charge is 0.0904 e. The standard InChI is InChI=1S/C17H24N4O/c1-12-4-5-15(6-13(12)2)7-18-8-16-9-21-17(11-22-10-16)14(3)19-20-21/h4-6,16,18H,7-11H2,1-3H3. The molecule has 0 spiro atoms. The maximum Gasteiger partial charge on any atom is 0.0904 e. The number of nitrogens with zero attached hydrogens (tertiary/aromatic N) is 3. The topological polar surface area (TPSA) is 52.0 Å². The van der Waals surface area contributed by atoms with Gasteiger partial charge in [-0.1, -0.05) is 23.4 Å². The normalized spacial score (nSPS) is 18.0. The van der Waals surface area contributed by atoms with Crippen molar-refractivity contribution >= 4 is 0 Å². The number of nitrogens with one attached hydrogen (secondary N) is 1. The number of benzene rings is 1. The molecular formula is C17H24N4O. The zero-order chi connectivity index (χ0) is 15.5. The summed E-state index contributed by atoms with van der Waals surface area (Å²) in [6.07, 6.45) is 0. The van der Waals surface area contributed by atoms with E-state index in [9.17, 15) is 0 Å². The second-order valence-corrected chi connectivity index (χ2v) is 6.23. The Bertz CT molecular complexity index is 650. The van der Waals surface area contributed by atoms with Crippen molar-refractivity contribution in [2.45, 2.75) is 40.5 Å². The monoisotopic (exact) mass is 300 g/mol. The Balaban J connectivity index is 1.54. The molecule has 0 radical (unpaired) electrons. The van der Waals surface area contributed by atoms with Crippen LogP contribution in [0, 0.1) is 26.7 Å². The highest BCUT2D eigenvalue weighted by Gasteiger charge is 2.19. The van der Waals surface area contributed by atoms with Crippen molar-refractivity contribution in [2.75, 3.05) is 13.2 Å². The molecular weight excluding hydrogens is 276 g/mol. The van der Waals surface area contributed by atoms with Gasteiger partial charge in [-0.25, -0.2) is 4.68 Å².